The third-order valence-corrected chi connectivity index (χ3v) is 6.28. The first kappa shape index (κ1) is 16.1. The fourth-order valence-corrected chi connectivity index (χ4v) is 5.03. The van der Waals surface area contributed by atoms with Crippen LogP contribution in [0.2, 0.25) is 0 Å². The van der Waals surface area contributed by atoms with Crippen LogP contribution in [0.3, 0.4) is 0 Å². The van der Waals surface area contributed by atoms with Crippen LogP contribution in [0.4, 0.5) is 0 Å². The monoisotopic (exact) mass is 324 g/mol. The molecule has 0 aliphatic heterocycles. The zero-order valence-electron chi connectivity index (χ0n) is 12.7. The molecule has 2 rings (SSSR count). The first-order chi connectivity index (χ1) is 10.0. The number of hydrogen-bond donors (Lipinski definition) is 0. The van der Waals surface area contributed by atoms with Gasteiger partial charge in [0.1, 0.15) is 0 Å². The molecule has 0 saturated heterocycles. The summed E-state index contributed by atoms with van der Waals surface area (Å²) in [6.45, 7) is 6.15. The Morgan fingerprint density at radius 2 is 1.38 bits per heavy atom. The summed E-state index contributed by atoms with van der Waals surface area (Å²) in [4.78, 5) is 0. The summed E-state index contributed by atoms with van der Waals surface area (Å²) in [5.74, 6) is 1.55. The second-order valence-electron chi connectivity index (χ2n) is 5.25. The first-order valence-corrected chi connectivity index (χ1v) is 10.2. The zero-order chi connectivity index (χ0) is 15.3. The van der Waals surface area contributed by atoms with E-state index in [0.717, 1.165) is 35.2 Å². The van der Waals surface area contributed by atoms with Gasteiger partial charge < -0.3 is 0 Å². The van der Waals surface area contributed by atoms with E-state index in [-0.39, 0.29) is 0 Å². The Labute approximate surface area is 132 Å². The molecule has 114 valence electrons. The summed E-state index contributed by atoms with van der Waals surface area (Å²) >= 11 is 6.71. The molecule has 0 N–H and O–H groups in total. The van der Waals surface area contributed by atoms with Crippen molar-refractivity contribution in [1.82, 2.24) is 0 Å². The Hall–Kier alpha value is -1.24. The molecule has 0 aliphatic rings. The number of halogens is 1. The summed E-state index contributed by atoms with van der Waals surface area (Å²) in [6.07, 6.45) is 1.66. The van der Waals surface area contributed by atoms with Crippen LogP contribution in [0.25, 0.3) is 0 Å². The van der Waals surface area contributed by atoms with Crippen LogP contribution in [-0.4, -0.2) is 6.16 Å². The van der Waals surface area contributed by atoms with E-state index in [1.165, 1.54) is 0 Å². The van der Waals surface area contributed by atoms with E-state index >= 15 is 0 Å². The van der Waals surface area contributed by atoms with Crippen molar-refractivity contribution in [2.75, 3.05) is 6.16 Å². The van der Waals surface area contributed by atoms with Crippen LogP contribution >= 0.6 is 18.3 Å². The molecule has 2 aromatic rings. The van der Waals surface area contributed by atoms with E-state index in [1.54, 1.807) is 0 Å². The molecule has 0 spiro atoms. The Kier molecular flexibility index (Phi) is 5.50. The first-order valence-electron chi connectivity index (χ1n) is 7.21. The molecule has 21 heavy (non-hydrogen) atoms. The molecule has 0 fully saturated rings. The molecule has 0 atom stereocenters. The van der Waals surface area contributed by atoms with Crippen LogP contribution < -0.4 is 9.05 Å². The molecular weight excluding hydrogens is 303 g/mol. The van der Waals surface area contributed by atoms with E-state index in [9.17, 15) is 0 Å². The van der Waals surface area contributed by atoms with Gasteiger partial charge in [-0.05, 0) is 0 Å². The third kappa shape index (κ3) is 4.91. The van der Waals surface area contributed by atoms with Gasteiger partial charge in [-0.25, -0.2) is 0 Å². The quantitative estimate of drug-likeness (QED) is 0.615. The maximum absolute atomic E-state index is 6.71. The normalized spacial score (nSPS) is 12.0. The van der Waals surface area contributed by atoms with Crippen molar-refractivity contribution in [1.29, 1.82) is 0 Å². The number of aryl methyl sites for hydroxylation is 2. The van der Waals surface area contributed by atoms with Gasteiger partial charge in [0.15, 0.2) is 0 Å². The third-order valence-electron chi connectivity index (χ3n) is 3.07. The Morgan fingerprint density at radius 1 is 0.905 bits per heavy atom. The van der Waals surface area contributed by atoms with E-state index in [4.69, 9.17) is 20.3 Å². The zero-order valence-corrected chi connectivity index (χ0v) is 14.5. The van der Waals surface area contributed by atoms with E-state index in [2.05, 4.69) is 6.92 Å². The summed E-state index contributed by atoms with van der Waals surface area (Å²) < 4.78 is 12.1. The van der Waals surface area contributed by atoms with Crippen molar-refractivity contribution < 1.29 is 9.05 Å². The Balaban J connectivity index is 2.19. The average Bonchev–Trinajstić information content (AvgIpc) is 2.38. The van der Waals surface area contributed by atoms with Crippen molar-refractivity contribution in [2.45, 2.75) is 27.2 Å². The fraction of sp³-hybridized carbons (Fsp3) is 0.294. The van der Waals surface area contributed by atoms with Gasteiger partial charge in [-0.15, -0.1) is 0 Å². The van der Waals surface area contributed by atoms with Crippen molar-refractivity contribution in [3.8, 4) is 11.5 Å². The summed E-state index contributed by atoms with van der Waals surface area (Å²) in [5.41, 5.74) is 2.29. The molecule has 0 amide bonds. The summed E-state index contributed by atoms with van der Waals surface area (Å²) in [7, 11) is -2.80. The van der Waals surface area contributed by atoms with Gasteiger partial charge in [0, 0.05) is 0 Å². The van der Waals surface area contributed by atoms with Crippen LogP contribution in [0.5, 0.6) is 11.5 Å². The Bertz CT molecular complexity index is 553. The molecule has 0 heterocycles. The van der Waals surface area contributed by atoms with E-state index < -0.39 is 7.07 Å². The SMILES string of the molecule is CCC[PH](Cl)(Oc1cccc(C)c1)Oc1cccc(C)c1. The summed E-state index contributed by atoms with van der Waals surface area (Å²) in [5, 5.41) is 0. The second kappa shape index (κ2) is 7.15. The van der Waals surface area contributed by atoms with Crippen molar-refractivity contribution >= 4 is 18.3 Å². The van der Waals surface area contributed by atoms with Gasteiger partial charge in [-0.2, -0.15) is 0 Å². The van der Waals surface area contributed by atoms with Gasteiger partial charge >= 0.3 is 132 Å². The minimum atomic E-state index is -2.80. The van der Waals surface area contributed by atoms with Crippen molar-refractivity contribution in [3.63, 3.8) is 0 Å². The average molecular weight is 325 g/mol. The van der Waals surface area contributed by atoms with Crippen LogP contribution in [-0.2, 0) is 0 Å². The molecule has 0 aliphatic carbocycles. The molecule has 0 aromatic heterocycles. The Morgan fingerprint density at radius 3 is 1.76 bits per heavy atom. The molecule has 0 bridgehead atoms. The number of rotatable bonds is 6. The van der Waals surface area contributed by atoms with Gasteiger partial charge in [0.2, 0.25) is 0 Å². The van der Waals surface area contributed by atoms with Gasteiger partial charge in [0.25, 0.3) is 0 Å². The molecule has 0 saturated carbocycles. The van der Waals surface area contributed by atoms with Gasteiger partial charge in [-0.3, -0.25) is 0 Å². The van der Waals surface area contributed by atoms with Gasteiger partial charge in [-0.1, -0.05) is 0 Å². The molecule has 0 radical (unpaired) electrons. The van der Waals surface area contributed by atoms with Crippen LogP contribution in [0.1, 0.15) is 24.5 Å². The topological polar surface area (TPSA) is 18.5 Å². The second-order valence-corrected chi connectivity index (χ2v) is 9.20. The molecule has 4 heteroatoms. The van der Waals surface area contributed by atoms with Crippen molar-refractivity contribution in [3.05, 3.63) is 59.7 Å². The van der Waals surface area contributed by atoms with E-state index in [1.807, 2.05) is 62.4 Å². The summed E-state index contributed by atoms with van der Waals surface area (Å²) in [6, 6.07) is 15.8. The van der Waals surface area contributed by atoms with Crippen LogP contribution in [0.15, 0.2) is 48.5 Å². The predicted octanol–water partition coefficient (Wildman–Crippen LogP) is 5.90. The number of benzene rings is 2. The fourth-order valence-electron chi connectivity index (χ4n) is 2.13. The van der Waals surface area contributed by atoms with Gasteiger partial charge in [0.05, 0.1) is 0 Å². The number of hydrogen-bond acceptors (Lipinski definition) is 2. The standard InChI is InChI=1S/C17H22ClO2P/c1-4-11-21(18,19-16-9-5-7-14(2)12-16)20-17-10-6-8-15(3)13-17/h5-10,12-13,21H,4,11H2,1-3H3. The van der Waals surface area contributed by atoms with E-state index in [0.29, 0.717) is 0 Å². The molecular formula is C17H22ClO2P. The minimum absolute atomic E-state index is 0.733. The molecule has 2 nitrogen and oxygen atoms in total. The van der Waals surface area contributed by atoms with Crippen molar-refractivity contribution in [2.24, 2.45) is 0 Å². The molecule has 2 aromatic carbocycles. The maximum atomic E-state index is 6.71. The van der Waals surface area contributed by atoms with Crippen LogP contribution in [0, 0.1) is 13.8 Å². The predicted molar refractivity (Wildman–Crippen MR) is 92.9 cm³/mol. The molecule has 0 unspecified atom stereocenters.